The van der Waals surface area contributed by atoms with Gasteiger partial charge in [-0.15, -0.1) is 0 Å². The standard InChI is InChI=1S/C14H19N/c1-2-7-12(6-1)14-13-8-4-3-5-11(13)9-10-15-14/h3-5,8,12,14-15H,1-2,6-7,9-10H2. The Hall–Kier alpha value is -0.820. The van der Waals surface area contributed by atoms with E-state index in [2.05, 4.69) is 29.6 Å². The van der Waals surface area contributed by atoms with Crippen LogP contribution in [0.5, 0.6) is 0 Å². The van der Waals surface area contributed by atoms with E-state index in [1.54, 1.807) is 11.1 Å². The van der Waals surface area contributed by atoms with Crippen LogP contribution in [0.15, 0.2) is 24.3 Å². The van der Waals surface area contributed by atoms with Gasteiger partial charge in [-0.1, -0.05) is 37.1 Å². The van der Waals surface area contributed by atoms with Gasteiger partial charge in [-0.3, -0.25) is 0 Å². The topological polar surface area (TPSA) is 12.0 Å². The third-order valence-electron chi connectivity index (χ3n) is 4.02. The van der Waals surface area contributed by atoms with Crippen molar-refractivity contribution in [2.45, 2.75) is 38.1 Å². The smallest absolute Gasteiger partial charge is 0.0351 e. The molecule has 1 heteroatoms. The summed E-state index contributed by atoms with van der Waals surface area (Å²) in [6.45, 7) is 1.16. The molecule has 1 aromatic rings. The number of hydrogen-bond donors (Lipinski definition) is 1. The average Bonchev–Trinajstić information content (AvgIpc) is 2.82. The van der Waals surface area contributed by atoms with Crippen molar-refractivity contribution in [1.82, 2.24) is 5.32 Å². The van der Waals surface area contributed by atoms with Crippen LogP contribution in [0, 0.1) is 5.92 Å². The SMILES string of the molecule is c1ccc2c(c1)CCNC2C1CCCC1. The molecule has 3 rings (SSSR count). The Kier molecular flexibility index (Phi) is 2.49. The van der Waals surface area contributed by atoms with Crippen LogP contribution >= 0.6 is 0 Å². The minimum Gasteiger partial charge on any atom is -0.309 e. The van der Waals surface area contributed by atoms with Crippen LogP contribution < -0.4 is 5.32 Å². The second kappa shape index (κ2) is 3.97. The maximum Gasteiger partial charge on any atom is 0.0351 e. The lowest BCUT2D eigenvalue weighted by Gasteiger charge is -2.31. The van der Waals surface area contributed by atoms with Crippen LogP contribution in [0.1, 0.15) is 42.9 Å². The Balaban J connectivity index is 1.91. The van der Waals surface area contributed by atoms with Crippen LogP contribution in [-0.4, -0.2) is 6.54 Å². The molecule has 1 fully saturated rings. The van der Waals surface area contributed by atoms with Crippen LogP contribution in [-0.2, 0) is 6.42 Å². The molecule has 1 aliphatic heterocycles. The van der Waals surface area contributed by atoms with Gasteiger partial charge < -0.3 is 5.32 Å². The van der Waals surface area contributed by atoms with Crippen LogP contribution in [0.25, 0.3) is 0 Å². The van der Waals surface area contributed by atoms with E-state index in [0.29, 0.717) is 6.04 Å². The van der Waals surface area contributed by atoms with Crippen molar-refractivity contribution in [3.63, 3.8) is 0 Å². The molecule has 0 spiro atoms. The highest BCUT2D eigenvalue weighted by atomic mass is 14.9. The van der Waals surface area contributed by atoms with Gasteiger partial charge in [-0.2, -0.15) is 0 Å². The summed E-state index contributed by atoms with van der Waals surface area (Å²) in [5, 5.41) is 3.72. The summed E-state index contributed by atoms with van der Waals surface area (Å²) in [6.07, 6.45) is 6.92. The third kappa shape index (κ3) is 1.69. The number of nitrogens with one attached hydrogen (secondary N) is 1. The zero-order valence-electron chi connectivity index (χ0n) is 9.21. The van der Waals surface area contributed by atoms with E-state index < -0.39 is 0 Å². The van der Waals surface area contributed by atoms with Gasteiger partial charge in [0.15, 0.2) is 0 Å². The first-order chi connectivity index (χ1) is 7.45. The van der Waals surface area contributed by atoms with Crippen LogP contribution in [0.4, 0.5) is 0 Å². The lowest BCUT2D eigenvalue weighted by molar-refractivity contribution is 0.354. The largest absolute Gasteiger partial charge is 0.309 e. The fraction of sp³-hybridized carbons (Fsp3) is 0.571. The molecule has 0 aromatic heterocycles. The van der Waals surface area contributed by atoms with Crippen molar-refractivity contribution in [1.29, 1.82) is 0 Å². The van der Waals surface area contributed by atoms with Crippen molar-refractivity contribution in [3.8, 4) is 0 Å². The molecule has 1 aliphatic carbocycles. The van der Waals surface area contributed by atoms with Gasteiger partial charge in [0.2, 0.25) is 0 Å². The Morgan fingerprint density at radius 1 is 1.07 bits per heavy atom. The summed E-state index contributed by atoms with van der Waals surface area (Å²) in [4.78, 5) is 0. The summed E-state index contributed by atoms with van der Waals surface area (Å²) in [5.41, 5.74) is 3.16. The first-order valence-corrected chi connectivity index (χ1v) is 6.26. The maximum absolute atomic E-state index is 3.72. The van der Waals surface area contributed by atoms with Gasteiger partial charge in [0.1, 0.15) is 0 Å². The summed E-state index contributed by atoms with van der Waals surface area (Å²) < 4.78 is 0. The van der Waals surface area contributed by atoms with Crippen molar-refractivity contribution < 1.29 is 0 Å². The van der Waals surface area contributed by atoms with E-state index in [9.17, 15) is 0 Å². The normalized spacial score (nSPS) is 26.5. The number of rotatable bonds is 1. The maximum atomic E-state index is 3.72. The highest BCUT2D eigenvalue weighted by molar-refractivity contribution is 5.32. The lowest BCUT2D eigenvalue weighted by atomic mass is 9.85. The Morgan fingerprint density at radius 2 is 1.87 bits per heavy atom. The number of hydrogen-bond acceptors (Lipinski definition) is 1. The predicted molar refractivity (Wildman–Crippen MR) is 62.8 cm³/mol. The fourth-order valence-corrected chi connectivity index (χ4v) is 3.25. The molecule has 1 saturated carbocycles. The van der Waals surface area contributed by atoms with Crippen LogP contribution in [0.3, 0.4) is 0 Å². The zero-order chi connectivity index (χ0) is 10.1. The van der Waals surface area contributed by atoms with Crippen molar-refractivity contribution in [2.24, 2.45) is 5.92 Å². The molecule has 1 unspecified atom stereocenters. The summed E-state index contributed by atoms with van der Waals surface area (Å²) in [7, 11) is 0. The first kappa shape index (κ1) is 9.41. The van der Waals surface area contributed by atoms with E-state index in [0.717, 1.165) is 12.5 Å². The molecule has 1 nitrogen and oxygen atoms in total. The lowest BCUT2D eigenvalue weighted by Crippen LogP contribution is -2.33. The average molecular weight is 201 g/mol. The molecule has 0 bridgehead atoms. The molecule has 0 amide bonds. The van der Waals surface area contributed by atoms with Gasteiger partial charge in [0, 0.05) is 6.04 Å². The molecule has 0 radical (unpaired) electrons. The van der Waals surface area contributed by atoms with Gasteiger partial charge in [-0.25, -0.2) is 0 Å². The molecular weight excluding hydrogens is 182 g/mol. The molecule has 80 valence electrons. The minimum atomic E-state index is 0.650. The van der Waals surface area contributed by atoms with Crippen molar-refractivity contribution in [2.75, 3.05) is 6.54 Å². The summed E-state index contributed by atoms with van der Waals surface area (Å²) >= 11 is 0. The second-order valence-corrected chi connectivity index (χ2v) is 4.93. The quantitative estimate of drug-likeness (QED) is 0.736. The van der Waals surface area contributed by atoms with Crippen LogP contribution in [0.2, 0.25) is 0 Å². The number of fused-ring (bicyclic) bond motifs is 1. The summed E-state index contributed by atoms with van der Waals surface area (Å²) in [6, 6.07) is 9.64. The van der Waals surface area contributed by atoms with Gasteiger partial charge in [0.05, 0.1) is 0 Å². The molecule has 1 aromatic carbocycles. The van der Waals surface area contributed by atoms with Gasteiger partial charge in [-0.05, 0) is 42.9 Å². The molecule has 1 atom stereocenters. The highest BCUT2D eigenvalue weighted by Crippen LogP contribution is 2.38. The molecule has 15 heavy (non-hydrogen) atoms. The summed E-state index contributed by atoms with van der Waals surface area (Å²) in [5.74, 6) is 0.895. The Bertz CT molecular complexity index is 339. The minimum absolute atomic E-state index is 0.650. The van der Waals surface area contributed by atoms with Gasteiger partial charge >= 0.3 is 0 Å². The van der Waals surface area contributed by atoms with E-state index in [-0.39, 0.29) is 0 Å². The monoisotopic (exact) mass is 201 g/mol. The van der Waals surface area contributed by atoms with E-state index in [1.165, 1.54) is 32.1 Å². The number of benzene rings is 1. The Morgan fingerprint density at radius 3 is 2.73 bits per heavy atom. The first-order valence-electron chi connectivity index (χ1n) is 6.26. The van der Waals surface area contributed by atoms with Crippen molar-refractivity contribution >= 4 is 0 Å². The third-order valence-corrected chi connectivity index (χ3v) is 4.02. The molecule has 0 saturated heterocycles. The highest BCUT2D eigenvalue weighted by Gasteiger charge is 2.29. The van der Waals surface area contributed by atoms with E-state index in [4.69, 9.17) is 0 Å². The predicted octanol–water partition coefficient (Wildman–Crippen LogP) is 3.06. The van der Waals surface area contributed by atoms with E-state index >= 15 is 0 Å². The molecule has 1 heterocycles. The molecular formula is C14H19N. The fourth-order valence-electron chi connectivity index (χ4n) is 3.25. The molecule has 2 aliphatic rings. The zero-order valence-corrected chi connectivity index (χ0v) is 9.21. The van der Waals surface area contributed by atoms with Crippen molar-refractivity contribution in [3.05, 3.63) is 35.4 Å². The van der Waals surface area contributed by atoms with Gasteiger partial charge in [0.25, 0.3) is 0 Å². The van der Waals surface area contributed by atoms with E-state index in [1.807, 2.05) is 0 Å². The Labute approximate surface area is 91.9 Å². The second-order valence-electron chi connectivity index (χ2n) is 4.93. The molecule has 1 N–H and O–H groups in total.